The minimum atomic E-state index is 0.762. The summed E-state index contributed by atoms with van der Waals surface area (Å²) in [5, 5.41) is 0. The van der Waals surface area contributed by atoms with Crippen molar-refractivity contribution in [2.45, 2.75) is 13.5 Å². The van der Waals surface area contributed by atoms with Gasteiger partial charge in [0.2, 0.25) is 0 Å². The molecule has 1 aliphatic heterocycles. The van der Waals surface area contributed by atoms with Gasteiger partial charge < -0.3 is 15.0 Å². The molecule has 5 heteroatoms. The molecule has 0 aliphatic carbocycles. The van der Waals surface area contributed by atoms with Gasteiger partial charge in [0, 0.05) is 56.5 Å². The van der Waals surface area contributed by atoms with Gasteiger partial charge in [-0.3, -0.25) is 4.90 Å². The van der Waals surface area contributed by atoms with E-state index < -0.39 is 0 Å². The number of aromatic nitrogens is 2. The van der Waals surface area contributed by atoms with Gasteiger partial charge in [-0.05, 0) is 36.8 Å². The van der Waals surface area contributed by atoms with Crippen molar-refractivity contribution in [3.63, 3.8) is 0 Å². The largest absolute Gasteiger partial charge is 0.398 e. The Hall–Kier alpha value is -2.53. The molecule has 5 nitrogen and oxygen atoms in total. The molecule has 0 saturated carbocycles. The van der Waals surface area contributed by atoms with Crippen LogP contribution in [0.2, 0.25) is 0 Å². The van der Waals surface area contributed by atoms with Gasteiger partial charge in [-0.2, -0.15) is 0 Å². The number of nitrogens with zero attached hydrogens (tertiary/aromatic N) is 4. The van der Waals surface area contributed by atoms with Crippen molar-refractivity contribution >= 4 is 17.0 Å². The lowest BCUT2D eigenvalue weighted by molar-refractivity contribution is 0.247. The van der Waals surface area contributed by atoms with Gasteiger partial charge >= 0.3 is 0 Å². The fraction of sp³-hybridized carbons (Fsp3) is 0.316. The van der Waals surface area contributed by atoms with E-state index >= 15 is 0 Å². The van der Waals surface area contributed by atoms with Crippen molar-refractivity contribution in [2.75, 3.05) is 36.8 Å². The maximum absolute atomic E-state index is 5.83. The first-order valence-corrected chi connectivity index (χ1v) is 8.44. The highest BCUT2D eigenvalue weighted by atomic mass is 15.3. The zero-order chi connectivity index (χ0) is 16.5. The highest BCUT2D eigenvalue weighted by Crippen LogP contribution is 2.19. The number of nitrogen functional groups attached to an aromatic ring is 1. The third-order valence-electron chi connectivity index (χ3n) is 4.65. The molecule has 0 bridgehead atoms. The van der Waals surface area contributed by atoms with E-state index in [1.165, 1.54) is 11.3 Å². The minimum Gasteiger partial charge on any atom is -0.398 e. The molecule has 2 N–H and O–H groups in total. The number of imidazole rings is 1. The van der Waals surface area contributed by atoms with Gasteiger partial charge in [-0.1, -0.05) is 12.1 Å². The fourth-order valence-electron chi connectivity index (χ4n) is 3.36. The summed E-state index contributed by atoms with van der Waals surface area (Å²) >= 11 is 0. The van der Waals surface area contributed by atoms with Crippen molar-refractivity contribution in [3.05, 3.63) is 60.0 Å². The second-order valence-electron chi connectivity index (χ2n) is 6.56. The monoisotopic (exact) mass is 321 g/mol. The molecule has 1 saturated heterocycles. The maximum Gasteiger partial charge on any atom is 0.137 e. The van der Waals surface area contributed by atoms with E-state index in [4.69, 9.17) is 5.73 Å². The molecule has 0 spiro atoms. The van der Waals surface area contributed by atoms with Crippen LogP contribution in [-0.2, 0) is 6.54 Å². The van der Waals surface area contributed by atoms with Crippen molar-refractivity contribution in [1.29, 1.82) is 0 Å². The van der Waals surface area contributed by atoms with E-state index in [2.05, 4.69) is 52.2 Å². The van der Waals surface area contributed by atoms with Crippen LogP contribution in [0.3, 0.4) is 0 Å². The molecule has 0 atom stereocenters. The molecule has 124 valence electrons. The molecule has 2 aromatic heterocycles. The van der Waals surface area contributed by atoms with Gasteiger partial charge in [-0.15, -0.1) is 0 Å². The van der Waals surface area contributed by atoms with Gasteiger partial charge in [0.05, 0.1) is 5.69 Å². The number of hydrogen-bond acceptors (Lipinski definition) is 4. The normalized spacial score (nSPS) is 16.0. The molecule has 1 aromatic carbocycles. The Balaban J connectivity index is 1.40. The smallest absolute Gasteiger partial charge is 0.137 e. The summed E-state index contributed by atoms with van der Waals surface area (Å²) in [5.74, 6) is 0. The first kappa shape index (κ1) is 15.0. The van der Waals surface area contributed by atoms with E-state index in [0.29, 0.717) is 0 Å². The van der Waals surface area contributed by atoms with E-state index in [1.807, 2.05) is 22.7 Å². The summed E-state index contributed by atoms with van der Waals surface area (Å²) in [6, 6.07) is 12.6. The van der Waals surface area contributed by atoms with E-state index in [9.17, 15) is 0 Å². The van der Waals surface area contributed by atoms with Gasteiger partial charge in [-0.25, -0.2) is 4.98 Å². The third kappa shape index (κ3) is 3.08. The highest BCUT2D eigenvalue weighted by Gasteiger charge is 2.18. The molecule has 3 heterocycles. The number of fused-ring (bicyclic) bond motifs is 1. The molecule has 0 unspecified atom stereocenters. The lowest BCUT2D eigenvalue weighted by Crippen LogP contribution is -2.46. The van der Waals surface area contributed by atoms with E-state index in [-0.39, 0.29) is 0 Å². The molecule has 4 rings (SSSR count). The summed E-state index contributed by atoms with van der Waals surface area (Å²) in [5.41, 5.74) is 11.3. The maximum atomic E-state index is 5.83. The molecule has 1 aliphatic rings. The second-order valence-corrected chi connectivity index (χ2v) is 6.56. The first-order valence-electron chi connectivity index (χ1n) is 8.44. The van der Waals surface area contributed by atoms with Crippen LogP contribution in [0.1, 0.15) is 11.3 Å². The average molecular weight is 321 g/mol. The second kappa shape index (κ2) is 6.17. The molecular formula is C19H23N5. The predicted octanol–water partition coefficient (Wildman–Crippen LogP) is 2.55. The topological polar surface area (TPSA) is 49.8 Å². The van der Waals surface area contributed by atoms with E-state index in [0.717, 1.165) is 49.8 Å². The minimum absolute atomic E-state index is 0.762. The number of anilines is 2. The van der Waals surface area contributed by atoms with Crippen LogP contribution in [0.15, 0.2) is 48.8 Å². The Kier molecular flexibility index (Phi) is 3.86. The Morgan fingerprint density at radius 2 is 1.88 bits per heavy atom. The summed E-state index contributed by atoms with van der Waals surface area (Å²) in [6.45, 7) is 7.28. The SMILES string of the molecule is Cc1cccc(N2CCN(Cc3cn4cc(N)ccc4n3)CC2)c1. The number of hydrogen-bond donors (Lipinski definition) is 1. The van der Waals surface area contributed by atoms with Crippen LogP contribution < -0.4 is 10.6 Å². The van der Waals surface area contributed by atoms with Crippen LogP contribution in [0.4, 0.5) is 11.4 Å². The first-order chi connectivity index (χ1) is 11.7. The predicted molar refractivity (Wildman–Crippen MR) is 98.3 cm³/mol. The summed E-state index contributed by atoms with van der Waals surface area (Å²) in [4.78, 5) is 9.62. The third-order valence-corrected chi connectivity index (χ3v) is 4.65. The quantitative estimate of drug-likeness (QED) is 0.805. The van der Waals surface area contributed by atoms with Crippen molar-refractivity contribution in [3.8, 4) is 0 Å². The van der Waals surface area contributed by atoms with E-state index in [1.54, 1.807) is 0 Å². The lowest BCUT2D eigenvalue weighted by Gasteiger charge is -2.35. The number of aryl methyl sites for hydroxylation is 1. The molecule has 0 radical (unpaired) electrons. The van der Waals surface area contributed by atoms with Crippen LogP contribution in [0.25, 0.3) is 5.65 Å². The number of rotatable bonds is 3. The van der Waals surface area contributed by atoms with Gasteiger partial charge in [0.25, 0.3) is 0 Å². The van der Waals surface area contributed by atoms with Crippen LogP contribution >= 0.6 is 0 Å². The summed E-state index contributed by atoms with van der Waals surface area (Å²) in [7, 11) is 0. The van der Waals surface area contributed by atoms with Crippen LogP contribution in [0, 0.1) is 6.92 Å². The summed E-state index contributed by atoms with van der Waals surface area (Å²) < 4.78 is 2.01. The van der Waals surface area contributed by atoms with Crippen molar-refractivity contribution in [1.82, 2.24) is 14.3 Å². The Bertz CT molecular complexity index is 846. The number of pyridine rings is 1. The number of piperazine rings is 1. The standard InChI is InChI=1S/C19H23N5/c1-15-3-2-4-18(11-15)23-9-7-22(8-10-23)13-17-14-24-12-16(20)5-6-19(24)21-17/h2-6,11-12,14H,7-10,13,20H2,1H3. The van der Waals surface area contributed by atoms with Crippen molar-refractivity contribution in [2.24, 2.45) is 0 Å². The average Bonchev–Trinajstić information content (AvgIpc) is 2.97. The number of benzene rings is 1. The Morgan fingerprint density at radius 3 is 2.67 bits per heavy atom. The van der Waals surface area contributed by atoms with Crippen molar-refractivity contribution < 1.29 is 0 Å². The van der Waals surface area contributed by atoms with Gasteiger partial charge in [0.1, 0.15) is 5.65 Å². The summed E-state index contributed by atoms with van der Waals surface area (Å²) in [6.07, 6.45) is 4.00. The van der Waals surface area contributed by atoms with Gasteiger partial charge in [0.15, 0.2) is 0 Å². The molecular weight excluding hydrogens is 298 g/mol. The van der Waals surface area contributed by atoms with Crippen LogP contribution in [-0.4, -0.2) is 40.5 Å². The van der Waals surface area contributed by atoms with Crippen LogP contribution in [0.5, 0.6) is 0 Å². The molecule has 3 aromatic rings. The molecule has 0 amide bonds. The highest BCUT2D eigenvalue weighted by molar-refractivity contribution is 5.49. The lowest BCUT2D eigenvalue weighted by atomic mass is 10.2. The Labute approximate surface area is 142 Å². The zero-order valence-corrected chi connectivity index (χ0v) is 14.0. The fourth-order valence-corrected chi connectivity index (χ4v) is 3.36. The molecule has 1 fully saturated rings. The zero-order valence-electron chi connectivity index (χ0n) is 14.0. The molecule has 24 heavy (non-hydrogen) atoms. The Morgan fingerprint density at radius 1 is 1.04 bits per heavy atom. The number of nitrogens with two attached hydrogens (primary N) is 1.